The fourth-order valence-electron chi connectivity index (χ4n) is 6.64. The highest BCUT2D eigenvalue weighted by Crippen LogP contribution is 2.38. The Morgan fingerprint density at radius 3 is 2.73 bits per heavy atom. The van der Waals surface area contributed by atoms with E-state index in [2.05, 4.69) is 54.6 Å². The Labute approximate surface area is 243 Å². The molecule has 7 nitrogen and oxygen atoms in total. The number of hydrogen-bond donors (Lipinski definition) is 3. The number of pyridine rings is 1. The van der Waals surface area contributed by atoms with Crippen molar-refractivity contribution in [1.82, 2.24) is 20.1 Å². The number of nitrogens with one attached hydrogen (secondary N) is 3. The van der Waals surface area contributed by atoms with Crippen LogP contribution in [-0.2, 0) is 13.0 Å². The van der Waals surface area contributed by atoms with Gasteiger partial charge in [-0.3, -0.25) is 15.0 Å². The number of benzene rings is 2. The third kappa shape index (κ3) is 7.11. The summed E-state index contributed by atoms with van der Waals surface area (Å²) in [5.41, 5.74) is 1.89. The van der Waals surface area contributed by atoms with Crippen LogP contribution < -0.4 is 26.2 Å². The van der Waals surface area contributed by atoms with Crippen molar-refractivity contribution >= 4 is 16.5 Å². The zero-order chi connectivity index (χ0) is 29.1. The molecule has 1 saturated carbocycles. The second-order valence-corrected chi connectivity index (χ2v) is 12.9. The molecule has 3 aromatic rings. The molecule has 1 unspecified atom stereocenters. The lowest BCUT2D eigenvalue weighted by molar-refractivity contribution is 0.0899. The summed E-state index contributed by atoms with van der Waals surface area (Å²) in [6.07, 6.45) is 5.87. The zero-order valence-corrected chi connectivity index (χ0v) is 25.2. The Morgan fingerprint density at radius 1 is 1.17 bits per heavy atom. The lowest BCUT2D eigenvalue weighted by Gasteiger charge is -2.45. The van der Waals surface area contributed by atoms with Crippen LogP contribution in [0.1, 0.15) is 52.5 Å². The number of piperazine rings is 1. The number of ether oxygens (including phenoxy) is 1. The molecule has 4 atom stereocenters. The fraction of sp³-hybridized carbons (Fsp3) is 0.545. The maximum absolute atomic E-state index is 14.4. The normalized spacial score (nSPS) is 23.8. The Kier molecular flexibility index (Phi) is 9.02. The number of aromatic nitrogens is 1. The molecule has 8 heteroatoms. The molecule has 3 N–H and O–H groups in total. The number of hydrogen-bond acceptors (Lipinski definition) is 6. The molecule has 222 valence electrons. The van der Waals surface area contributed by atoms with Crippen LogP contribution in [0.2, 0.25) is 0 Å². The minimum Gasteiger partial charge on any atom is -0.497 e. The number of aryl methyl sites for hydroxylation is 2. The van der Waals surface area contributed by atoms with E-state index in [1.165, 1.54) is 32.4 Å². The van der Waals surface area contributed by atoms with E-state index in [1.807, 2.05) is 24.4 Å². The van der Waals surface area contributed by atoms with E-state index in [1.54, 1.807) is 16.7 Å². The minimum absolute atomic E-state index is 0.00502. The Hall–Kier alpha value is -2.94. The van der Waals surface area contributed by atoms with Crippen molar-refractivity contribution in [3.63, 3.8) is 0 Å². The zero-order valence-electron chi connectivity index (χ0n) is 25.2. The topological polar surface area (TPSA) is 70.6 Å². The molecule has 41 heavy (non-hydrogen) atoms. The average Bonchev–Trinajstić information content (AvgIpc) is 2.94. The third-order valence-corrected chi connectivity index (χ3v) is 8.99. The lowest BCUT2D eigenvalue weighted by atomic mass is 9.70. The van der Waals surface area contributed by atoms with Gasteiger partial charge in [-0.2, -0.15) is 0 Å². The number of methoxy groups -OCH3 is 1. The molecule has 2 fully saturated rings. The van der Waals surface area contributed by atoms with Crippen LogP contribution in [0.5, 0.6) is 5.75 Å². The highest BCUT2D eigenvalue weighted by molar-refractivity contribution is 5.84. The van der Waals surface area contributed by atoms with Crippen molar-refractivity contribution in [3.8, 4) is 5.75 Å². The Bertz CT molecular complexity index is 1410. The number of rotatable bonds is 9. The van der Waals surface area contributed by atoms with E-state index in [-0.39, 0.29) is 17.7 Å². The van der Waals surface area contributed by atoms with Crippen LogP contribution >= 0.6 is 0 Å². The number of anilines is 1. The molecule has 2 aliphatic rings. The SMILES string of the molecule is COc1ccc(CCn2ccc3cc(NC(N[C@H]4CCC(C)(C)C[C@@H]4C)N4CCN[C@H](C)C4)ccc3c2=O)c(F)c1. The Morgan fingerprint density at radius 2 is 2.00 bits per heavy atom. The molecule has 1 aromatic heterocycles. The van der Waals surface area contributed by atoms with Gasteiger partial charge < -0.3 is 19.9 Å². The van der Waals surface area contributed by atoms with Gasteiger partial charge in [0.15, 0.2) is 0 Å². The molecule has 0 spiro atoms. The van der Waals surface area contributed by atoms with Crippen molar-refractivity contribution in [3.05, 3.63) is 70.4 Å². The lowest BCUT2D eigenvalue weighted by Crippen LogP contribution is -2.62. The highest BCUT2D eigenvalue weighted by Gasteiger charge is 2.35. The van der Waals surface area contributed by atoms with Gasteiger partial charge in [0, 0.05) is 61.6 Å². The highest BCUT2D eigenvalue weighted by atomic mass is 19.1. The van der Waals surface area contributed by atoms with Crippen molar-refractivity contribution in [2.75, 3.05) is 32.1 Å². The van der Waals surface area contributed by atoms with Crippen LogP contribution in [-0.4, -0.2) is 54.6 Å². The van der Waals surface area contributed by atoms with E-state index in [0.717, 1.165) is 30.7 Å². The summed E-state index contributed by atoms with van der Waals surface area (Å²) in [7, 11) is 1.52. The molecule has 0 bridgehead atoms. The predicted octanol–water partition coefficient (Wildman–Crippen LogP) is 5.19. The molecular weight excluding hydrogens is 517 g/mol. The largest absolute Gasteiger partial charge is 0.497 e. The molecule has 1 aliphatic heterocycles. The first-order valence-corrected chi connectivity index (χ1v) is 15.1. The second-order valence-electron chi connectivity index (χ2n) is 12.9. The van der Waals surface area contributed by atoms with Gasteiger partial charge in [0.05, 0.1) is 7.11 Å². The van der Waals surface area contributed by atoms with E-state index in [4.69, 9.17) is 4.74 Å². The van der Waals surface area contributed by atoms with E-state index in [9.17, 15) is 9.18 Å². The molecule has 1 aliphatic carbocycles. The molecule has 5 rings (SSSR count). The summed E-state index contributed by atoms with van der Waals surface area (Å²) in [4.78, 5) is 15.8. The van der Waals surface area contributed by atoms with Gasteiger partial charge in [-0.15, -0.1) is 0 Å². The van der Waals surface area contributed by atoms with Crippen molar-refractivity contribution in [2.24, 2.45) is 11.3 Å². The van der Waals surface area contributed by atoms with Crippen LogP contribution in [0.4, 0.5) is 10.1 Å². The first-order valence-electron chi connectivity index (χ1n) is 15.1. The van der Waals surface area contributed by atoms with Gasteiger partial charge in [-0.25, -0.2) is 4.39 Å². The summed E-state index contributed by atoms with van der Waals surface area (Å²) in [5.74, 6) is 0.770. The number of halogens is 1. The van der Waals surface area contributed by atoms with E-state index >= 15 is 0 Å². The standard InChI is InChI=1S/C33H46FN5O2/c1-22-20-33(3,4)13-10-30(22)37-32(39-17-14-35-23(2)21-39)36-26-7-9-28-25(18-26)12-16-38(31(28)40)15-11-24-6-8-27(41-5)19-29(24)34/h6-9,12,16,18-19,22-23,30,32,35-37H,10-11,13-15,17,20-21H2,1-5H3/t22-,23+,30-,32?/m0/s1. The average molecular weight is 564 g/mol. The van der Waals surface area contributed by atoms with Crippen molar-refractivity contribution in [1.29, 1.82) is 0 Å². The predicted molar refractivity (Wildman–Crippen MR) is 165 cm³/mol. The first-order chi connectivity index (χ1) is 19.6. The number of nitrogens with zero attached hydrogens (tertiary/aromatic N) is 2. The first kappa shape index (κ1) is 29.5. The maximum atomic E-state index is 14.4. The van der Waals surface area contributed by atoms with Gasteiger partial charge in [-0.1, -0.05) is 26.8 Å². The summed E-state index contributed by atoms with van der Waals surface area (Å²) in [6.45, 7) is 12.7. The monoisotopic (exact) mass is 563 g/mol. The van der Waals surface area contributed by atoms with Gasteiger partial charge in [-0.05, 0) is 85.2 Å². The molecule has 0 radical (unpaired) electrons. The van der Waals surface area contributed by atoms with E-state index < -0.39 is 0 Å². The molecule has 1 saturated heterocycles. The van der Waals surface area contributed by atoms with Gasteiger partial charge >= 0.3 is 0 Å². The quantitative estimate of drug-likeness (QED) is 0.312. The van der Waals surface area contributed by atoms with Crippen LogP contribution in [0, 0.1) is 17.2 Å². The molecule has 2 aromatic carbocycles. The van der Waals surface area contributed by atoms with Gasteiger partial charge in [0.25, 0.3) is 5.56 Å². The fourth-order valence-corrected chi connectivity index (χ4v) is 6.64. The smallest absolute Gasteiger partial charge is 0.258 e. The van der Waals surface area contributed by atoms with Crippen LogP contribution in [0.25, 0.3) is 10.8 Å². The van der Waals surface area contributed by atoms with Gasteiger partial charge in [0.2, 0.25) is 0 Å². The minimum atomic E-state index is -0.317. The maximum Gasteiger partial charge on any atom is 0.258 e. The summed E-state index contributed by atoms with van der Waals surface area (Å²) in [5, 5.41) is 12.9. The summed E-state index contributed by atoms with van der Waals surface area (Å²) >= 11 is 0. The second kappa shape index (κ2) is 12.5. The molecule has 2 heterocycles. The number of fused-ring (bicyclic) bond motifs is 1. The Balaban J connectivity index is 1.32. The summed E-state index contributed by atoms with van der Waals surface area (Å²) < 4.78 is 21.2. The van der Waals surface area contributed by atoms with Crippen LogP contribution in [0.15, 0.2) is 53.5 Å². The summed E-state index contributed by atoms with van der Waals surface area (Å²) in [6, 6.07) is 13.7. The molecular formula is C33H46FN5O2. The van der Waals surface area contributed by atoms with Crippen molar-refractivity contribution < 1.29 is 9.13 Å². The van der Waals surface area contributed by atoms with Gasteiger partial charge in [0.1, 0.15) is 17.9 Å². The van der Waals surface area contributed by atoms with Crippen molar-refractivity contribution in [2.45, 2.75) is 78.3 Å². The van der Waals surface area contributed by atoms with E-state index in [0.29, 0.717) is 53.1 Å². The van der Waals surface area contributed by atoms with Crippen LogP contribution in [0.3, 0.4) is 0 Å². The third-order valence-electron chi connectivity index (χ3n) is 8.99. The molecule has 0 amide bonds.